The fourth-order valence-corrected chi connectivity index (χ4v) is 5.38. The van der Waals surface area contributed by atoms with Crippen LogP contribution in [0.4, 0.5) is 5.69 Å². The van der Waals surface area contributed by atoms with E-state index in [1.807, 2.05) is 13.8 Å². The van der Waals surface area contributed by atoms with E-state index >= 15 is 0 Å². The van der Waals surface area contributed by atoms with E-state index in [4.69, 9.17) is 0 Å². The number of nitrogens with zero attached hydrogens (tertiary/aromatic N) is 1. The summed E-state index contributed by atoms with van der Waals surface area (Å²) in [5, 5.41) is 2.89. The molecule has 7 heteroatoms. The molecule has 0 saturated carbocycles. The zero-order chi connectivity index (χ0) is 19.3. The van der Waals surface area contributed by atoms with Crippen molar-refractivity contribution in [2.24, 2.45) is 11.8 Å². The van der Waals surface area contributed by atoms with Crippen LogP contribution in [-0.4, -0.2) is 51.4 Å². The molecule has 1 aliphatic rings. The number of hydrogen-bond acceptors (Lipinski definition) is 3. The first-order valence-corrected chi connectivity index (χ1v) is 10.9. The summed E-state index contributed by atoms with van der Waals surface area (Å²) in [6.07, 6.45) is 1.23. The van der Waals surface area contributed by atoms with E-state index < -0.39 is 10.0 Å². The Labute approximate surface area is 157 Å². The van der Waals surface area contributed by atoms with E-state index in [1.54, 1.807) is 24.3 Å². The van der Waals surface area contributed by atoms with Crippen molar-refractivity contribution in [3.8, 4) is 0 Å². The fourth-order valence-electron chi connectivity index (χ4n) is 3.92. The summed E-state index contributed by atoms with van der Waals surface area (Å²) in [4.78, 5) is 13.9. The van der Waals surface area contributed by atoms with Gasteiger partial charge in [0.1, 0.15) is 0 Å². The molecule has 1 aliphatic heterocycles. The number of benzene rings is 1. The molecule has 0 unspecified atom stereocenters. The Morgan fingerprint density at radius 3 is 2.15 bits per heavy atom. The molecular weight excluding hydrogens is 350 g/mol. The summed E-state index contributed by atoms with van der Waals surface area (Å²) in [5.41, 5.74) is 0.631. The number of sulfonamides is 1. The maximum atomic E-state index is 12.5. The van der Waals surface area contributed by atoms with Crippen molar-refractivity contribution in [1.82, 2.24) is 4.31 Å². The van der Waals surface area contributed by atoms with Crippen LogP contribution in [0.2, 0.25) is 0 Å². The molecule has 0 bridgehead atoms. The molecule has 1 saturated heterocycles. The molecule has 0 spiro atoms. The highest BCUT2D eigenvalue weighted by molar-refractivity contribution is 7.89. The van der Waals surface area contributed by atoms with Crippen molar-refractivity contribution >= 4 is 21.6 Å². The average molecular weight is 383 g/mol. The topological polar surface area (TPSA) is 70.9 Å². The predicted molar refractivity (Wildman–Crippen MR) is 104 cm³/mol. The van der Waals surface area contributed by atoms with Crippen LogP contribution in [0.15, 0.2) is 29.2 Å². The first-order valence-electron chi connectivity index (χ1n) is 9.49. The minimum Gasteiger partial charge on any atom is -0.327 e. The largest absolute Gasteiger partial charge is 0.327 e. The molecule has 146 valence electrons. The molecule has 1 fully saturated rings. The van der Waals surface area contributed by atoms with Gasteiger partial charge in [-0.25, -0.2) is 8.42 Å². The van der Waals surface area contributed by atoms with Crippen molar-refractivity contribution in [3.05, 3.63) is 24.3 Å². The molecule has 1 aromatic carbocycles. The maximum Gasteiger partial charge on any atom is 0.279 e. The number of carbonyl (C=O) groups excluding carboxylic acids is 1. The van der Waals surface area contributed by atoms with Gasteiger partial charge in [-0.1, -0.05) is 27.7 Å². The quantitative estimate of drug-likeness (QED) is 0.745. The smallest absolute Gasteiger partial charge is 0.279 e. The second-order valence-corrected chi connectivity index (χ2v) is 9.38. The standard InChI is InChI=1S/C19H31N3O3S/c1-5-22(6-2)26(24,25)18-9-7-17(8-10-18)20-19(23)14-21-12-15(3)11-16(4)13-21/h7-10,15-16H,5-6,11-14H2,1-4H3,(H,20,23)/p+1/t15-,16-/m1/s1. The second kappa shape index (κ2) is 8.97. The molecular formula is C19H32N3O3S+. The van der Waals surface area contributed by atoms with E-state index in [-0.39, 0.29) is 10.8 Å². The average Bonchev–Trinajstić information content (AvgIpc) is 2.55. The van der Waals surface area contributed by atoms with Crippen LogP contribution in [0.3, 0.4) is 0 Å². The Balaban J connectivity index is 1.97. The van der Waals surface area contributed by atoms with Gasteiger partial charge in [0.25, 0.3) is 5.91 Å². The molecule has 2 rings (SSSR count). The summed E-state index contributed by atoms with van der Waals surface area (Å²) in [6, 6.07) is 6.43. The number of carbonyl (C=O) groups is 1. The van der Waals surface area contributed by atoms with Crippen LogP contribution in [0.5, 0.6) is 0 Å². The van der Waals surface area contributed by atoms with Gasteiger partial charge in [-0.2, -0.15) is 4.31 Å². The lowest BCUT2D eigenvalue weighted by Crippen LogP contribution is -3.15. The molecule has 2 atom stereocenters. The normalized spacial score (nSPS) is 23.8. The number of anilines is 1. The minimum absolute atomic E-state index is 0.0272. The maximum absolute atomic E-state index is 12.5. The van der Waals surface area contributed by atoms with E-state index in [9.17, 15) is 13.2 Å². The number of piperidine rings is 1. The lowest BCUT2D eigenvalue weighted by atomic mass is 9.92. The first-order chi connectivity index (χ1) is 12.3. The van der Waals surface area contributed by atoms with Crippen molar-refractivity contribution in [1.29, 1.82) is 0 Å². The van der Waals surface area contributed by atoms with Crippen LogP contribution >= 0.6 is 0 Å². The zero-order valence-electron chi connectivity index (χ0n) is 16.3. The third-order valence-electron chi connectivity index (χ3n) is 4.97. The first kappa shape index (κ1) is 20.9. The lowest BCUT2D eigenvalue weighted by molar-refractivity contribution is -0.904. The van der Waals surface area contributed by atoms with E-state index in [0.717, 1.165) is 13.1 Å². The van der Waals surface area contributed by atoms with Gasteiger partial charge >= 0.3 is 0 Å². The van der Waals surface area contributed by atoms with Crippen molar-refractivity contribution in [3.63, 3.8) is 0 Å². The highest BCUT2D eigenvalue weighted by Gasteiger charge is 2.27. The number of quaternary nitrogens is 1. The summed E-state index contributed by atoms with van der Waals surface area (Å²) in [7, 11) is -3.46. The molecule has 2 N–H and O–H groups in total. The zero-order valence-corrected chi connectivity index (χ0v) is 17.1. The highest BCUT2D eigenvalue weighted by atomic mass is 32.2. The highest BCUT2D eigenvalue weighted by Crippen LogP contribution is 2.18. The van der Waals surface area contributed by atoms with Crippen molar-refractivity contribution < 1.29 is 18.1 Å². The van der Waals surface area contributed by atoms with Gasteiger partial charge in [0.05, 0.1) is 18.0 Å². The summed E-state index contributed by atoms with van der Waals surface area (Å²) in [6.45, 7) is 11.5. The summed E-state index contributed by atoms with van der Waals surface area (Å²) >= 11 is 0. The van der Waals surface area contributed by atoms with Gasteiger partial charge in [0, 0.05) is 30.6 Å². The number of amides is 1. The third kappa shape index (κ3) is 5.28. The predicted octanol–water partition coefficient (Wildman–Crippen LogP) is 1.22. The van der Waals surface area contributed by atoms with Crippen LogP contribution in [0, 0.1) is 11.8 Å². The van der Waals surface area contributed by atoms with E-state index in [1.165, 1.54) is 15.6 Å². The Bertz CT molecular complexity index is 689. The Kier molecular flexibility index (Phi) is 7.20. The lowest BCUT2D eigenvalue weighted by Gasteiger charge is -2.31. The molecule has 0 aliphatic carbocycles. The fraction of sp³-hybridized carbons (Fsp3) is 0.632. The summed E-state index contributed by atoms with van der Waals surface area (Å²) in [5.74, 6) is 1.26. The van der Waals surface area contributed by atoms with Crippen LogP contribution in [0.1, 0.15) is 34.1 Å². The Morgan fingerprint density at radius 2 is 1.65 bits per heavy atom. The second-order valence-electron chi connectivity index (χ2n) is 7.44. The van der Waals surface area contributed by atoms with Gasteiger partial charge in [-0.05, 0) is 30.7 Å². The van der Waals surface area contributed by atoms with Gasteiger partial charge in [0.15, 0.2) is 6.54 Å². The van der Waals surface area contributed by atoms with Crippen LogP contribution < -0.4 is 10.2 Å². The SMILES string of the molecule is CCN(CC)S(=O)(=O)c1ccc(NC(=O)C[NH+]2C[C@H](C)C[C@@H](C)C2)cc1. The summed E-state index contributed by atoms with van der Waals surface area (Å²) < 4.78 is 26.4. The van der Waals surface area contributed by atoms with Gasteiger partial charge in [-0.15, -0.1) is 0 Å². The molecule has 26 heavy (non-hydrogen) atoms. The third-order valence-corrected chi connectivity index (χ3v) is 7.03. The van der Waals surface area contributed by atoms with Gasteiger partial charge in [0.2, 0.25) is 10.0 Å². The molecule has 6 nitrogen and oxygen atoms in total. The Hall–Kier alpha value is -1.44. The molecule has 1 heterocycles. The van der Waals surface area contributed by atoms with E-state index in [0.29, 0.717) is 37.2 Å². The molecule has 0 radical (unpaired) electrons. The monoisotopic (exact) mass is 382 g/mol. The Morgan fingerprint density at radius 1 is 1.12 bits per heavy atom. The number of likely N-dealkylation sites (tertiary alicyclic amines) is 1. The van der Waals surface area contributed by atoms with Gasteiger partial charge in [-0.3, -0.25) is 4.79 Å². The van der Waals surface area contributed by atoms with Crippen molar-refractivity contribution in [2.75, 3.05) is 38.0 Å². The number of rotatable bonds is 7. The van der Waals surface area contributed by atoms with Crippen molar-refractivity contribution in [2.45, 2.75) is 39.0 Å². The number of hydrogen-bond donors (Lipinski definition) is 2. The number of nitrogens with one attached hydrogen (secondary N) is 2. The van der Waals surface area contributed by atoms with Crippen LogP contribution in [0.25, 0.3) is 0 Å². The van der Waals surface area contributed by atoms with Gasteiger partial charge < -0.3 is 10.2 Å². The molecule has 1 aromatic rings. The van der Waals surface area contributed by atoms with Crippen LogP contribution in [-0.2, 0) is 14.8 Å². The molecule has 1 amide bonds. The minimum atomic E-state index is -3.46. The molecule has 0 aromatic heterocycles. The van der Waals surface area contributed by atoms with E-state index in [2.05, 4.69) is 19.2 Å².